The number of nitrogens with one attached hydrogen (secondary N) is 1. The van der Waals surface area contributed by atoms with Crippen molar-refractivity contribution in [1.82, 2.24) is 20.2 Å². The highest BCUT2D eigenvalue weighted by molar-refractivity contribution is 7.08. The van der Waals surface area contributed by atoms with E-state index < -0.39 is 0 Å². The molecule has 2 atom stereocenters. The van der Waals surface area contributed by atoms with Gasteiger partial charge in [0.05, 0.1) is 12.8 Å². The van der Waals surface area contributed by atoms with Crippen LogP contribution < -0.4 is 14.8 Å². The van der Waals surface area contributed by atoms with Crippen LogP contribution in [0.1, 0.15) is 28.8 Å². The minimum atomic E-state index is -0.277. The SMILES string of the molecule is COc1ccccc1C1C2=C(Nc3nnnn31)c1ccccc1OC2c1ccsc1. The summed E-state index contributed by atoms with van der Waals surface area (Å²) in [6.07, 6.45) is -0.277. The molecule has 2 aromatic carbocycles. The minimum absolute atomic E-state index is 0.277. The number of nitrogens with zero attached hydrogens (tertiary/aromatic N) is 4. The van der Waals surface area contributed by atoms with E-state index >= 15 is 0 Å². The van der Waals surface area contributed by atoms with Gasteiger partial charge in [0, 0.05) is 22.3 Å². The Morgan fingerprint density at radius 1 is 1.10 bits per heavy atom. The molecule has 0 amide bonds. The van der Waals surface area contributed by atoms with Crippen LogP contribution in [-0.4, -0.2) is 27.3 Å². The fourth-order valence-corrected chi connectivity index (χ4v) is 4.90. The summed E-state index contributed by atoms with van der Waals surface area (Å²) < 4.78 is 14.0. The van der Waals surface area contributed by atoms with E-state index in [1.165, 1.54) is 0 Å². The van der Waals surface area contributed by atoms with Crippen LogP contribution in [-0.2, 0) is 0 Å². The van der Waals surface area contributed by atoms with Crippen LogP contribution in [0.4, 0.5) is 5.95 Å². The molecular weight excluding hydrogens is 398 g/mol. The molecule has 2 aliphatic heterocycles. The van der Waals surface area contributed by atoms with Crippen molar-refractivity contribution in [2.75, 3.05) is 12.4 Å². The summed E-state index contributed by atoms with van der Waals surface area (Å²) in [7, 11) is 1.68. The summed E-state index contributed by atoms with van der Waals surface area (Å²) in [5.74, 6) is 2.20. The molecule has 6 rings (SSSR count). The molecule has 0 spiro atoms. The van der Waals surface area contributed by atoms with Gasteiger partial charge in [-0.3, -0.25) is 0 Å². The lowest BCUT2D eigenvalue weighted by Gasteiger charge is -2.38. The number of aromatic nitrogens is 4. The van der Waals surface area contributed by atoms with E-state index in [1.54, 1.807) is 23.1 Å². The maximum absolute atomic E-state index is 6.55. The third-order valence-corrected chi connectivity index (χ3v) is 6.22. The van der Waals surface area contributed by atoms with Crippen LogP contribution in [0.2, 0.25) is 0 Å². The van der Waals surface area contributed by atoms with E-state index in [2.05, 4.69) is 49.8 Å². The van der Waals surface area contributed by atoms with Crippen molar-refractivity contribution in [3.05, 3.63) is 87.6 Å². The van der Waals surface area contributed by atoms with Gasteiger partial charge in [-0.25, -0.2) is 0 Å². The molecule has 1 N–H and O–H groups in total. The molecule has 2 unspecified atom stereocenters. The molecule has 7 nitrogen and oxygen atoms in total. The molecule has 30 heavy (non-hydrogen) atoms. The smallest absolute Gasteiger partial charge is 0.248 e. The summed E-state index contributed by atoms with van der Waals surface area (Å²) in [4.78, 5) is 0. The maximum atomic E-state index is 6.55. The highest BCUT2D eigenvalue weighted by Gasteiger charge is 2.42. The second-order valence-electron chi connectivity index (χ2n) is 7.10. The Balaban J connectivity index is 1.66. The fourth-order valence-electron chi connectivity index (χ4n) is 4.23. The molecule has 0 fully saturated rings. The lowest BCUT2D eigenvalue weighted by molar-refractivity contribution is 0.222. The number of para-hydroxylation sites is 2. The fraction of sp³-hybridized carbons (Fsp3) is 0.136. The first-order chi connectivity index (χ1) is 14.8. The molecule has 2 aliphatic rings. The zero-order chi connectivity index (χ0) is 20.1. The van der Waals surface area contributed by atoms with Gasteiger partial charge in [0.1, 0.15) is 17.5 Å². The van der Waals surface area contributed by atoms with E-state index in [0.717, 1.165) is 39.5 Å². The van der Waals surface area contributed by atoms with Gasteiger partial charge in [-0.2, -0.15) is 16.0 Å². The van der Waals surface area contributed by atoms with Crippen molar-refractivity contribution in [3.63, 3.8) is 0 Å². The van der Waals surface area contributed by atoms with Crippen molar-refractivity contribution in [2.24, 2.45) is 0 Å². The molecule has 4 aromatic rings. The number of benzene rings is 2. The molecule has 0 saturated heterocycles. The first-order valence-electron chi connectivity index (χ1n) is 9.55. The first kappa shape index (κ1) is 17.2. The van der Waals surface area contributed by atoms with Gasteiger partial charge in [0.2, 0.25) is 5.95 Å². The normalized spacial score (nSPS) is 19.2. The van der Waals surface area contributed by atoms with Crippen molar-refractivity contribution < 1.29 is 9.47 Å². The zero-order valence-electron chi connectivity index (χ0n) is 16.0. The van der Waals surface area contributed by atoms with Gasteiger partial charge < -0.3 is 14.8 Å². The lowest BCUT2D eigenvalue weighted by Crippen LogP contribution is -2.32. The third-order valence-electron chi connectivity index (χ3n) is 5.52. The molecule has 4 heterocycles. The van der Waals surface area contributed by atoms with Crippen LogP contribution in [0, 0.1) is 0 Å². The van der Waals surface area contributed by atoms with Gasteiger partial charge in [-0.05, 0) is 45.5 Å². The Labute approximate surface area is 176 Å². The van der Waals surface area contributed by atoms with Gasteiger partial charge in [-0.1, -0.05) is 35.4 Å². The minimum Gasteiger partial charge on any atom is -0.496 e. The monoisotopic (exact) mass is 415 g/mol. The first-order valence-corrected chi connectivity index (χ1v) is 10.5. The van der Waals surface area contributed by atoms with Gasteiger partial charge in [0.25, 0.3) is 0 Å². The Morgan fingerprint density at radius 2 is 1.97 bits per heavy atom. The summed E-state index contributed by atoms with van der Waals surface area (Å²) in [6, 6.07) is 17.8. The predicted octanol–water partition coefficient (Wildman–Crippen LogP) is 4.30. The second-order valence-corrected chi connectivity index (χ2v) is 7.88. The zero-order valence-corrected chi connectivity index (χ0v) is 16.8. The van der Waals surface area contributed by atoms with E-state index in [9.17, 15) is 0 Å². The number of rotatable bonds is 3. The highest BCUT2D eigenvalue weighted by Crippen LogP contribution is 2.51. The molecular formula is C22H17N5O2S. The van der Waals surface area contributed by atoms with E-state index in [1.807, 2.05) is 36.4 Å². The quantitative estimate of drug-likeness (QED) is 0.538. The molecule has 0 radical (unpaired) electrons. The molecule has 0 saturated carbocycles. The molecule has 8 heteroatoms. The number of hydrogen-bond acceptors (Lipinski definition) is 7. The number of methoxy groups -OCH3 is 1. The number of thiophene rings is 1. The van der Waals surface area contributed by atoms with Crippen LogP contribution in [0.25, 0.3) is 5.70 Å². The summed E-state index contributed by atoms with van der Waals surface area (Å²) in [5.41, 5.74) is 5.10. The number of fused-ring (bicyclic) bond motifs is 3. The Hall–Kier alpha value is -3.65. The Kier molecular flexibility index (Phi) is 3.85. The standard InChI is InChI=1S/C22H17N5O2S/c1-28-16-8-4-3-7-15(16)20-18-19(23-22-24-25-26-27(20)22)14-6-2-5-9-17(14)29-21(18)13-10-11-30-12-13/h2-12,20-21H,1H3,(H,23,24,26). The Morgan fingerprint density at radius 3 is 2.83 bits per heavy atom. The maximum Gasteiger partial charge on any atom is 0.248 e. The van der Waals surface area contributed by atoms with Crippen molar-refractivity contribution in [1.29, 1.82) is 0 Å². The van der Waals surface area contributed by atoms with E-state index in [-0.39, 0.29) is 12.1 Å². The van der Waals surface area contributed by atoms with Crippen LogP contribution in [0.3, 0.4) is 0 Å². The number of anilines is 1. The number of tetrazole rings is 1. The topological polar surface area (TPSA) is 74.1 Å². The number of hydrogen-bond donors (Lipinski definition) is 1. The molecule has 148 valence electrons. The second kappa shape index (κ2) is 6.70. The van der Waals surface area contributed by atoms with Crippen molar-refractivity contribution >= 4 is 23.0 Å². The predicted molar refractivity (Wildman–Crippen MR) is 114 cm³/mol. The highest BCUT2D eigenvalue weighted by atomic mass is 32.1. The Bertz CT molecular complexity index is 1260. The summed E-state index contributed by atoms with van der Waals surface area (Å²) in [5, 5.41) is 20.1. The average Bonchev–Trinajstić information content (AvgIpc) is 3.49. The van der Waals surface area contributed by atoms with Crippen LogP contribution in [0.5, 0.6) is 11.5 Å². The van der Waals surface area contributed by atoms with Gasteiger partial charge in [0.15, 0.2) is 6.10 Å². The molecule has 0 aliphatic carbocycles. The van der Waals surface area contributed by atoms with Crippen LogP contribution in [0.15, 0.2) is 70.9 Å². The summed E-state index contributed by atoms with van der Waals surface area (Å²) >= 11 is 1.65. The number of ether oxygens (including phenoxy) is 2. The van der Waals surface area contributed by atoms with Gasteiger partial charge >= 0.3 is 0 Å². The van der Waals surface area contributed by atoms with Gasteiger partial charge in [-0.15, -0.1) is 0 Å². The van der Waals surface area contributed by atoms with Crippen molar-refractivity contribution in [2.45, 2.75) is 12.1 Å². The average molecular weight is 415 g/mol. The molecule has 2 aromatic heterocycles. The van der Waals surface area contributed by atoms with Crippen LogP contribution >= 0.6 is 11.3 Å². The largest absolute Gasteiger partial charge is 0.496 e. The lowest BCUT2D eigenvalue weighted by atomic mass is 9.85. The van der Waals surface area contributed by atoms with Crippen molar-refractivity contribution in [3.8, 4) is 11.5 Å². The third kappa shape index (κ3) is 2.47. The molecule has 0 bridgehead atoms. The summed E-state index contributed by atoms with van der Waals surface area (Å²) in [6.45, 7) is 0. The van der Waals surface area contributed by atoms with E-state index in [4.69, 9.17) is 9.47 Å². The van der Waals surface area contributed by atoms with E-state index in [0.29, 0.717) is 5.95 Å².